The summed E-state index contributed by atoms with van der Waals surface area (Å²) in [6, 6.07) is 19.1. The van der Waals surface area contributed by atoms with Crippen molar-refractivity contribution in [2.24, 2.45) is 0 Å². The van der Waals surface area contributed by atoms with Gasteiger partial charge in [0, 0.05) is 12.4 Å². The molecule has 0 radical (unpaired) electrons. The fourth-order valence-corrected chi connectivity index (χ4v) is 4.32. The monoisotopic (exact) mass is 419 g/mol. The van der Waals surface area contributed by atoms with E-state index >= 15 is 0 Å². The molecule has 1 aromatic heterocycles. The van der Waals surface area contributed by atoms with Crippen molar-refractivity contribution >= 4 is 14.3 Å². The van der Waals surface area contributed by atoms with Crippen molar-refractivity contribution < 1.29 is 14.3 Å². The molecule has 0 fully saturated rings. The lowest BCUT2D eigenvalue weighted by Gasteiger charge is -2.39. The Kier molecular flexibility index (Phi) is 6.24. The average Bonchev–Trinajstić information content (AvgIpc) is 2.72. The van der Waals surface area contributed by atoms with Gasteiger partial charge >= 0.3 is 5.97 Å². The van der Waals surface area contributed by atoms with Gasteiger partial charge in [0.25, 0.3) is 0 Å². The Hall–Kier alpha value is -2.76. The molecule has 0 aliphatic heterocycles. The highest BCUT2D eigenvalue weighted by Crippen LogP contribution is 2.42. The number of benzene rings is 2. The van der Waals surface area contributed by atoms with E-state index in [1.807, 2.05) is 54.6 Å². The highest BCUT2D eigenvalue weighted by atomic mass is 28.4. The van der Waals surface area contributed by atoms with Gasteiger partial charge in [0.15, 0.2) is 8.32 Å². The van der Waals surface area contributed by atoms with E-state index in [0.717, 1.165) is 16.7 Å². The van der Waals surface area contributed by atoms with E-state index in [2.05, 4.69) is 38.8 Å². The largest absolute Gasteiger partial charge is 0.478 e. The Bertz CT molecular complexity index is 1010. The van der Waals surface area contributed by atoms with Gasteiger partial charge in [-0.15, -0.1) is 0 Å². The van der Waals surface area contributed by atoms with E-state index in [4.69, 9.17) is 4.43 Å². The molecule has 0 aliphatic carbocycles. The molecule has 1 atom stereocenters. The van der Waals surface area contributed by atoms with Gasteiger partial charge < -0.3 is 9.53 Å². The summed E-state index contributed by atoms with van der Waals surface area (Å²) in [4.78, 5) is 16.0. The molecule has 0 saturated heterocycles. The average molecular weight is 420 g/mol. The van der Waals surface area contributed by atoms with Gasteiger partial charge in [0.2, 0.25) is 0 Å². The molecule has 0 saturated carbocycles. The van der Waals surface area contributed by atoms with Crippen molar-refractivity contribution in [3.8, 4) is 11.1 Å². The predicted octanol–water partition coefficient (Wildman–Crippen LogP) is 6.56. The van der Waals surface area contributed by atoms with Crippen molar-refractivity contribution in [1.29, 1.82) is 0 Å². The number of hydrogen-bond donors (Lipinski definition) is 1. The van der Waals surface area contributed by atoms with Gasteiger partial charge in [-0.25, -0.2) is 4.79 Å². The summed E-state index contributed by atoms with van der Waals surface area (Å²) >= 11 is 0. The summed E-state index contributed by atoms with van der Waals surface area (Å²) in [5.74, 6) is -0.939. The van der Waals surface area contributed by atoms with E-state index in [1.54, 1.807) is 18.5 Å². The third-order valence-corrected chi connectivity index (χ3v) is 10.3. The van der Waals surface area contributed by atoms with Crippen LogP contribution in [0, 0.1) is 0 Å². The number of aromatic carboxylic acids is 1. The molecule has 1 heterocycles. The van der Waals surface area contributed by atoms with Gasteiger partial charge in [-0.1, -0.05) is 57.2 Å². The second-order valence-corrected chi connectivity index (χ2v) is 13.8. The van der Waals surface area contributed by atoms with Crippen LogP contribution >= 0.6 is 0 Å². The molecule has 30 heavy (non-hydrogen) atoms. The van der Waals surface area contributed by atoms with Crippen molar-refractivity contribution in [2.75, 3.05) is 0 Å². The lowest BCUT2D eigenvalue weighted by atomic mass is 9.93. The van der Waals surface area contributed by atoms with E-state index in [-0.39, 0.29) is 16.7 Å². The topological polar surface area (TPSA) is 59.4 Å². The minimum atomic E-state index is -2.10. The fraction of sp³-hybridized carbons (Fsp3) is 0.280. The number of pyridine rings is 1. The maximum atomic E-state index is 11.9. The molecule has 4 nitrogen and oxygen atoms in total. The molecule has 0 bridgehead atoms. The van der Waals surface area contributed by atoms with Gasteiger partial charge in [-0.3, -0.25) is 4.98 Å². The summed E-state index contributed by atoms with van der Waals surface area (Å²) in [7, 11) is -2.10. The first-order valence-electron chi connectivity index (χ1n) is 10.1. The molecule has 1 N–H and O–H groups in total. The second kappa shape index (κ2) is 8.54. The molecular weight excluding hydrogens is 390 g/mol. The zero-order valence-corrected chi connectivity index (χ0v) is 19.2. The van der Waals surface area contributed by atoms with Gasteiger partial charge in [0.05, 0.1) is 11.7 Å². The van der Waals surface area contributed by atoms with Crippen molar-refractivity contribution in [2.45, 2.75) is 45.0 Å². The first-order chi connectivity index (χ1) is 14.1. The number of nitrogens with zero attached hydrogens (tertiary/aromatic N) is 1. The number of carboxylic acids is 1. The molecule has 0 spiro atoms. The Morgan fingerprint density at radius 1 is 0.967 bits per heavy atom. The molecule has 0 aliphatic rings. The quantitative estimate of drug-likeness (QED) is 0.460. The second-order valence-electron chi connectivity index (χ2n) is 9.01. The fourth-order valence-electron chi connectivity index (χ4n) is 3.11. The lowest BCUT2D eigenvalue weighted by Crippen LogP contribution is -2.42. The standard InChI is InChI=1S/C25H29NO3Si/c1-25(2,3)30(4,5)29-23(19-13-15-26-16-14-19)20-11-12-21(24(27)28)22(17-20)18-9-7-6-8-10-18/h6-17,23H,1-5H3,(H,27,28). The molecule has 2 aromatic carbocycles. The zero-order chi connectivity index (χ0) is 21.9. The Labute approximate surface area is 179 Å². The van der Waals surface area contributed by atoms with Crippen LogP contribution in [0.2, 0.25) is 18.1 Å². The van der Waals surface area contributed by atoms with E-state index in [1.165, 1.54) is 0 Å². The Balaban J connectivity index is 2.15. The van der Waals surface area contributed by atoms with Crippen LogP contribution in [-0.2, 0) is 4.43 Å². The number of rotatable bonds is 6. The molecule has 0 amide bonds. The minimum Gasteiger partial charge on any atom is -0.478 e. The van der Waals surface area contributed by atoms with Crippen LogP contribution in [0.4, 0.5) is 0 Å². The molecule has 5 heteroatoms. The van der Waals surface area contributed by atoms with Crippen LogP contribution in [0.3, 0.4) is 0 Å². The summed E-state index contributed by atoms with van der Waals surface area (Å²) in [6.07, 6.45) is 3.24. The summed E-state index contributed by atoms with van der Waals surface area (Å²) < 4.78 is 6.83. The lowest BCUT2D eigenvalue weighted by molar-refractivity contribution is 0.0697. The van der Waals surface area contributed by atoms with E-state index < -0.39 is 14.3 Å². The zero-order valence-electron chi connectivity index (χ0n) is 18.2. The van der Waals surface area contributed by atoms with E-state index in [0.29, 0.717) is 5.56 Å². The maximum Gasteiger partial charge on any atom is 0.336 e. The van der Waals surface area contributed by atoms with Crippen molar-refractivity contribution in [1.82, 2.24) is 4.98 Å². The number of hydrogen-bond acceptors (Lipinski definition) is 3. The number of aromatic nitrogens is 1. The van der Waals surface area contributed by atoms with Crippen molar-refractivity contribution in [3.63, 3.8) is 0 Å². The number of carboxylic acid groups (broad SMARTS) is 1. The van der Waals surface area contributed by atoms with Crippen molar-refractivity contribution in [3.05, 3.63) is 89.7 Å². The first-order valence-corrected chi connectivity index (χ1v) is 13.0. The third kappa shape index (κ3) is 4.69. The van der Waals surface area contributed by atoms with Crippen LogP contribution in [0.15, 0.2) is 73.1 Å². The minimum absolute atomic E-state index is 0.0432. The van der Waals surface area contributed by atoms with Gasteiger partial charge in [-0.05, 0) is 64.7 Å². The third-order valence-electron chi connectivity index (χ3n) is 5.89. The van der Waals surface area contributed by atoms with Crippen LogP contribution in [0.1, 0.15) is 48.4 Å². The van der Waals surface area contributed by atoms with Crippen LogP contribution < -0.4 is 0 Å². The highest BCUT2D eigenvalue weighted by molar-refractivity contribution is 6.74. The van der Waals surface area contributed by atoms with Gasteiger partial charge in [0.1, 0.15) is 0 Å². The van der Waals surface area contributed by atoms with Crippen LogP contribution in [-0.4, -0.2) is 24.4 Å². The summed E-state index contributed by atoms with van der Waals surface area (Å²) in [5.41, 5.74) is 3.80. The normalized spacial score (nSPS) is 13.1. The van der Waals surface area contributed by atoms with E-state index in [9.17, 15) is 9.90 Å². The highest BCUT2D eigenvalue weighted by Gasteiger charge is 2.40. The molecule has 156 valence electrons. The predicted molar refractivity (Wildman–Crippen MR) is 123 cm³/mol. The number of carbonyl (C=O) groups is 1. The molecule has 3 rings (SSSR count). The Morgan fingerprint density at radius 2 is 1.60 bits per heavy atom. The SMILES string of the molecule is CC(C)(C)[Si](C)(C)OC(c1ccncc1)c1ccc(C(=O)O)c(-c2ccccc2)c1. The van der Waals surface area contributed by atoms with Gasteiger partial charge in [-0.2, -0.15) is 0 Å². The first kappa shape index (κ1) is 21.9. The maximum absolute atomic E-state index is 11.9. The smallest absolute Gasteiger partial charge is 0.336 e. The molecular formula is C25H29NO3Si. The summed E-state index contributed by atoms with van der Waals surface area (Å²) in [6.45, 7) is 11.1. The van der Waals surface area contributed by atoms with Crippen LogP contribution in [0.5, 0.6) is 0 Å². The molecule has 3 aromatic rings. The summed E-state index contributed by atoms with van der Waals surface area (Å²) in [5, 5.41) is 9.78. The molecule has 1 unspecified atom stereocenters. The van der Waals surface area contributed by atoms with Crippen LogP contribution in [0.25, 0.3) is 11.1 Å². The Morgan fingerprint density at radius 3 is 2.17 bits per heavy atom.